The Morgan fingerprint density at radius 3 is 2.35 bits per heavy atom. The van der Waals surface area contributed by atoms with E-state index in [0.29, 0.717) is 18.8 Å². The summed E-state index contributed by atoms with van der Waals surface area (Å²) in [5.74, 6) is -0.949. The monoisotopic (exact) mass is 374 g/mol. The molecule has 1 heterocycles. The Kier molecular flexibility index (Phi) is 7.20. The summed E-state index contributed by atoms with van der Waals surface area (Å²) < 4.78 is 11.1. The van der Waals surface area contributed by atoms with Crippen LogP contribution in [0.25, 0.3) is 6.08 Å². The lowest BCUT2D eigenvalue weighted by atomic mass is 10.1. The number of hydrogen-bond acceptors (Lipinski definition) is 5. The zero-order valence-electron chi connectivity index (χ0n) is 14.9. The highest BCUT2D eigenvalue weighted by molar-refractivity contribution is 7.80. The van der Waals surface area contributed by atoms with Gasteiger partial charge in [0.05, 0.1) is 0 Å². The number of carbonyl (C=O) groups excluding carboxylic acids is 2. The van der Waals surface area contributed by atoms with Gasteiger partial charge in [-0.15, -0.1) is 6.58 Å². The number of nitrogens with zero attached hydrogens (tertiary/aromatic N) is 1. The van der Waals surface area contributed by atoms with E-state index in [9.17, 15) is 9.59 Å². The van der Waals surface area contributed by atoms with Crippen molar-refractivity contribution in [2.24, 2.45) is 0 Å². The van der Waals surface area contributed by atoms with Crippen molar-refractivity contribution >= 4 is 35.2 Å². The largest absolute Gasteiger partial charge is 0.349 e. The van der Waals surface area contributed by atoms with E-state index in [4.69, 9.17) is 21.7 Å². The van der Waals surface area contributed by atoms with E-state index < -0.39 is 18.1 Å². The molecule has 1 fully saturated rings. The van der Waals surface area contributed by atoms with E-state index in [-0.39, 0.29) is 17.2 Å². The lowest BCUT2D eigenvalue weighted by molar-refractivity contribution is -0.140. The molecule has 0 saturated carbocycles. The summed E-state index contributed by atoms with van der Waals surface area (Å²) in [6.45, 7) is 8.70. The molecule has 26 heavy (non-hydrogen) atoms. The lowest BCUT2D eigenvalue weighted by Gasteiger charge is -2.27. The number of ether oxygens (including phenoxy) is 2. The average molecular weight is 374 g/mol. The van der Waals surface area contributed by atoms with Crippen LogP contribution in [-0.4, -0.2) is 41.6 Å². The summed E-state index contributed by atoms with van der Waals surface area (Å²) in [5, 5.41) is 2.61. The molecular formula is C19H22N2O4S. The Bertz CT molecular complexity index is 722. The van der Waals surface area contributed by atoms with Crippen LogP contribution >= 0.6 is 12.2 Å². The van der Waals surface area contributed by atoms with Crippen LogP contribution in [0.1, 0.15) is 31.3 Å². The normalized spacial score (nSPS) is 16.3. The van der Waals surface area contributed by atoms with Gasteiger partial charge >= 0.3 is 0 Å². The quantitative estimate of drug-likeness (QED) is 0.249. The van der Waals surface area contributed by atoms with Gasteiger partial charge in [-0.1, -0.05) is 30.3 Å². The zero-order chi connectivity index (χ0) is 19.1. The fourth-order valence-corrected chi connectivity index (χ4v) is 2.70. The molecule has 1 aliphatic heterocycles. The van der Waals surface area contributed by atoms with E-state index in [2.05, 4.69) is 11.9 Å². The van der Waals surface area contributed by atoms with Crippen LogP contribution < -0.4 is 5.32 Å². The molecule has 1 N–H and O–H groups in total. The molecule has 0 unspecified atom stereocenters. The van der Waals surface area contributed by atoms with Gasteiger partial charge in [-0.05, 0) is 37.7 Å². The molecule has 2 rings (SSSR count). The fourth-order valence-electron chi connectivity index (χ4n) is 2.45. The van der Waals surface area contributed by atoms with Gasteiger partial charge in [-0.3, -0.25) is 19.8 Å². The smallest absolute Gasteiger partial charge is 0.265 e. The third-order valence-electron chi connectivity index (χ3n) is 3.65. The van der Waals surface area contributed by atoms with E-state index >= 15 is 0 Å². The van der Waals surface area contributed by atoms with Gasteiger partial charge in [0.25, 0.3) is 11.8 Å². The van der Waals surface area contributed by atoms with Crippen molar-refractivity contribution in [1.29, 1.82) is 0 Å². The van der Waals surface area contributed by atoms with E-state index in [1.54, 1.807) is 18.2 Å². The van der Waals surface area contributed by atoms with Gasteiger partial charge in [0.2, 0.25) is 0 Å². The molecule has 1 aliphatic rings. The molecule has 1 aromatic carbocycles. The van der Waals surface area contributed by atoms with E-state index in [0.717, 1.165) is 5.56 Å². The number of amides is 2. The second kappa shape index (κ2) is 9.38. The molecule has 0 aliphatic carbocycles. The fraction of sp³-hybridized carbons (Fsp3) is 0.316. The summed E-state index contributed by atoms with van der Waals surface area (Å²) >= 11 is 5.03. The third kappa shape index (κ3) is 4.63. The molecule has 6 nitrogen and oxygen atoms in total. The first-order valence-electron chi connectivity index (χ1n) is 8.34. The summed E-state index contributed by atoms with van der Waals surface area (Å²) in [7, 11) is 0. The molecule has 0 radical (unpaired) electrons. The first-order valence-corrected chi connectivity index (χ1v) is 8.75. The van der Waals surface area contributed by atoms with Crippen molar-refractivity contribution in [3.05, 3.63) is 53.6 Å². The minimum absolute atomic E-state index is 0.0272. The topological polar surface area (TPSA) is 67.9 Å². The molecule has 0 aromatic heterocycles. The van der Waals surface area contributed by atoms with Crippen molar-refractivity contribution in [3.63, 3.8) is 0 Å². The number of nitrogens with one attached hydrogen (secondary N) is 1. The molecule has 7 heteroatoms. The molecule has 0 spiro atoms. The van der Waals surface area contributed by atoms with Gasteiger partial charge in [-0.25, -0.2) is 0 Å². The molecular weight excluding hydrogens is 352 g/mol. The highest BCUT2D eigenvalue weighted by Crippen LogP contribution is 2.21. The van der Waals surface area contributed by atoms with Crippen LogP contribution in [0.5, 0.6) is 0 Å². The maximum atomic E-state index is 12.5. The summed E-state index contributed by atoms with van der Waals surface area (Å²) in [4.78, 5) is 25.9. The Hall–Kier alpha value is -2.35. The second-order valence-corrected chi connectivity index (χ2v) is 5.82. The maximum Gasteiger partial charge on any atom is 0.265 e. The Labute approximate surface area is 158 Å². The van der Waals surface area contributed by atoms with Gasteiger partial charge in [0, 0.05) is 25.3 Å². The Balaban J connectivity index is 2.25. The Morgan fingerprint density at radius 2 is 1.81 bits per heavy atom. The lowest BCUT2D eigenvalue weighted by Crippen LogP contribution is -2.53. The molecule has 1 saturated heterocycles. The minimum Gasteiger partial charge on any atom is -0.349 e. The first-order chi connectivity index (χ1) is 12.5. The van der Waals surface area contributed by atoms with Gasteiger partial charge < -0.3 is 9.47 Å². The standard InChI is InChI=1S/C19H22N2O4S/c1-4-11-21-17(23)15(16(22)20-19(21)26)12-13-7-9-14(10-8-13)18(24-5-2)25-6-3/h4,7-10,12,18H,1,5-6,11H2,2-3H3,(H,20,22,26)/b15-12+. The van der Waals surface area contributed by atoms with Gasteiger partial charge in [-0.2, -0.15) is 0 Å². The molecule has 2 amide bonds. The summed E-state index contributed by atoms with van der Waals surface area (Å²) in [5.41, 5.74) is 1.61. The zero-order valence-corrected chi connectivity index (χ0v) is 15.7. The van der Waals surface area contributed by atoms with Gasteiger partial charge in [0.1, 0.15) is 5.57 Å². The van der Waals surface area contributed by atoms with Gasteiger partial charge in [0.15, 0.2) is 11.4 Å². The minimum atomic E-state index is -0.508. The number of hydrogen-bond donors (Lipinski definition) is 1. The van der Waals surface area contributed by atoms with Crippen LogP contribution in [0, 0.1) is 0 Å². The van der Waals surface area contributed by atoms with Crippen LogP contribution in [-0.2, 0) is 19.1 Å². The average Bonchev–Trinajstić information content (AvgIpc) is 2.62. The van der Waals surface area contributed by atoms with Crippen molar-refractivity contribution in [3.8, 4) is 0 Å². The van der Waals surface area contributed by atoms with Crippen LogP contribution in [0.4, 0.5) is 0 Å². The van der Waals surface area contributed by atoms with Crippen molar-refractivity contribution in [1.82, 2.24) is 10.2 Å². The molecule has 0 bridgehead atoms. The van der Waals surface area contributed by atoms with Crippen molar-refractivity contribution in [2.45, 2.75) is 20.1 Å². The second-order valence-electron chi connectivity index (χ2n) is 5.43. The van der Waals surface area contributed by atoms with Crippen molar-refractivity contribution in [2.75, 3.05) is 19.8 Å². The summed E-state index contributed by atoms with van der Waals surface area (Å²) in [6, 6.07) is 7.30. The number of benzene rings is 1. The Morgan fingerprint density at radius 1 is 1.19 bits per heavy atom. The van der Waals surface area contributed by atoms with Crippen LogP contribution in [0.2, 0.25) is 0 Å². The number of thiocarbonyl (C=S) groups is 1. The summed E-state index contributed by atoms with van der Waals surface area (Å²) in [6.07, 6.45) is 2.65. The maximum absolute atomic E-state index is 12.5. The number of rotatable bonds is 8. The highest BCUT2D eigenvalue weighted by Gasteiger charge is 2.32. The first kappa shape index (κ1) is 20.0. The van der Waals surface area contributed by atoms with E-state index in [1.807, 2.05) is 26.0 Å². The number of carbonyl (C=O) groups is 2. The molecule has 0 atom stereocenters. The SMILES string of the molecule is C=CCN1C(=O)/C(=C/c2ccc(C(OCC)OCC)cc2)C(=O)NC1=S. The molecule has 1 aromatic rings. The highest BCUT2D eigenvalue weighted by atomic mass is 32.1. The predicted molar refractivity (Wildman–Crippen MR) is 103 cm³/mol. The van der Waals surface area contributed by atoms with Crippen molar-refractivity contribution < 1.29 is 19.1 Å². The van der Waals surface area contributed by atoms with Crippen LogP contribution in [0.15, 0.2) is 42.5 Å². The van der Waals surface area contributed by atoms with Crippen LogP contribution in [0.3, 0.4) is 0 Å². The third-order valence-corrected chi connectivity index (χ3v) is 3.98. The van der Waals surface area contributed by atoms with E-state index in [1.165, 1.54) is 11.0 Å². The molecule has 138 valence electrons. The predicted octanol–water partition coefficient (Wildman–Crippen LogP) is 2.57.